The molecule has 1 N–H and O–H groups in total. The molecule has 1 heterocycles. The van der Waals surface area contributed by atoms with Crippen LogP contribution >= 0.6 is 0 Å². The van der Waals surface area contributed by atoms with Crippen molar-refractivity contribution < 1.29 is 0 Å². The summed E-state index contributed by atoms with van der Waals surface area (Å²) in [7, 11) is 0. The van der Waals surface area contributed by atoms with Crippen molar-refractivity contribution in [1.29, 1.82) is 5.26 Å². The Morgan fingerprint density at radius 3 is 2.82 bits per heavy atom. The maximum atomic E-state index is 11.6. The molecule has 82 valence electrons. The molecular formula is C14H10N2O. The number of nitrogens with zero attached hydrogens (tertiary/aromatic N) is 1. The van der Waals surface area contributed by atoms with Gasteiger partial charge in [-0.05, 0) is 30.0 Å². The van der Waals surface area contributed by atoms with Gasteiger partial charge in [-0.2, -0.15) is 5.26 Å². The normalized spacial score (nSPS) is 12.4. The molecule has 2 aromatic rings. The van der Waals surface area contributed by atoms with Crippen LogP contribution in [0.15, 0.2) is 35.1 Å². The Kier molecular flexibility index (Phi) is 2.09. The highest BCUT2D eigenvalue weighted by molar-refractivity contribution is 5.72. The Labute approximate surface area is 98.4 Å². The number of fused-ring (bicyclic) bond motifs is 3. The molecule has 1 aromatic carbocycles. The molecule has 0 aliphatic heterocycles. The van der Waals surface area contributed by atoms with Gasteiger partial charge in [0, 0.05) is 11.3 Å². The van der Waals surface area contributed by atoms with Gasteiger partial charge in [-0.3, -0.25) is 4.79 Å². The highest BCUT2D eigenvalue weighted by Gasteiger charge is 2.17. The molecule has 0 radical (unpaired) electrons. The van der Waals surface area contributed by atoms with Gasteiger partial charge in [0.1, 0.15) is 11.6 Å². The second kappa shape index (κ2) is 3.60. The zero-order valence-electron chi connectivity index (χ0n) is 9.16. The van der Waals surface area contributed by atoms with Crippen molar-refractivity contribution in [2.24, 2.45) is 0 Å². The Morgan fingerprint density at radius 1 is 1.18 bits per heavy atom. The van der Waals surface area contributed by atoms with Crippen LogP contribution in [-0.2, 0) is 12.8 Å². The number of nitrogens with one attached hydrogen (secondary N) is 1. The lowest BCUT2D eigenvalue weighted by molar-refractivity contribution is 0.885. The van der Waals surface area contributed by atoms with E-state index in [1.165, 1.54) is 5.56 Å². The second-order valence-electron chi connectivity index (χ2n) is 4.17. The van der Waals surface area contributed by atoms with Gasteiger partial charge in [-0.25, -0.2) is 0 Å². The van der Waals surface area contributed by atoms with Crippen molar-refractivity contribution >= 4 is 0 Å². The van der Waals surface area contributed by atoms with Crippen LogP contribution in [0.1, 0.15) is 16.8 Å². The molecule has 3 rings (SSSR count). The molecule has 0 bridgehead atoms. The highest BCUT2D eigenvalue weighted by Crippen LogP contribution is 2.31. The Balaban J connectivity index is 2.32. The van der Waals surface area contributed by atoms with Crippen molar-refractivity contribution in [3.8, 4) is 17.2 Å². The van der Waals surface area contributed by atoms with Gasteiger partial charge in [-0.1, -0.05) is 24.3 Å². The first kappa shape index (κ1) is 9.86. The van der Waals surface area contributed by atoms with E-state index in [-0.39, 0.29) is 11.1 Å². The zero-order valence-corrected chi connectivity index (χ0v) is 9.16. The fourth-order valence-corrected chi connectivity index (χ4v) is 2.35. The molecule has 17 heavy (non-hydrogen) atoms. The summed E-state index contributed by atoms with van der Waals surface area (Å²) in [5.74, 6) is 0. The topological polar surface area (TPSA) is 56.6 Å². The van der Waals surface area contributed by atoms with Gasteiger partial charge < -0.3 is 4.98 Å². The lowest BCUT2D eigenvalue weighted by Crippen LogP contribution is -2.17. The molecule has 3 heteroatoms. The molecule has 1 aliphatic carbocycles. The van der Waals surface area contributed by atoms with Crippen LogP contribution in [-0.4, -0.2) is 4.98 Å². The van der Waals surface area contributed by atoms with E-state index in [1.54, 1.807) is 6.07 Å². The number of hydrogen-bond acceptors (Lipinski definition) is 2. The maximum Gasteiger partial charge on any atom is 0.266 e. The molecule has 0 spiro atoms. The number of benzene rings is 1. The van der Waals surface area contributed by atoms with E-state index in [1.807, 2.05) is 24.3 Å². The van der Waals surface area contributed by atoms with E-state index in [4.69, 9.17) is 5.26 Å². The number of rotatable bonds is 0. The van der Waals surface area contributed by atoms with Crippen LogP contribution in [0.5, 0.6) is 0 Å². The summed E-state index contributed by atoms with van der Waals surface area (Å²) in [6.07, 6.45) is 1.76. The minimum absolute atomic E-state index is 0.181. The van der Waals surface area contributed by atoms with Crippen LogP contribution in [0.25, 0.3) is 11.1 Å². The number of pyridine rings is 1. The number of hydrogen-bond donors (Lipinski definition) is 1. The third kappa shape index (κ3) is 1.46. The minimum atomic E-state index is -0.286. The second-order valence-corrected chi connectivity index (χ2v) is 4.17. The molecule has 0 saturated carbocycles. The van der Waals surface area contributed by atoms with E-state index < -0.39 is 0 Å². The van der Waals surface area contributed by atoms with Gasteiger partial charge in [0.25, 0.3) is 5.56 Å². The van der Waals surface area contributed by atoms with Gasteiger partial charge >= 0.3 is 0 Å². The third-order valence-corrected chi connectivity index (χ3v) is 3.20. The summed E-state index contributed by atoms with van der Waals surface area (Å²) < 4.78 is 0. The van der Waals surface area contributed by atoms with Crippen LogP contribution in [0, 0.1) is 11.3 Å². The summed E-state index contributed by atoms with van der Waals surface area (Å²) in [4.78, 5) is 14.4. The smallest absolute Gasteiger partial charge is 0.266 e. The Morgan fingerprint density at radius 2 is 2.00 bits per heavy atom. The average Bonchev–Trinajstić information content (AvgIpc) is 2.37. The van der Waals surface area contributed by atoms with Crippen LogP contribution in [0.3, 0.4) is 0 Å². The molecular weight excluding hydrogens is 212 g/mol. The maximum absolute atomic E-state index is 11.6. The molecule has 0 atom stereocenters. The quantitative estimate of drug-likeness (QED) is 0.741. The van der Waals surface area contributed by atoms with Crippen LogP contribution in [0.4, 0.5) is 0 Å². The Hall–Kier alpha value is -2.34. The number of nitriles is 1. The largest absolute Gasteiger partial charge is 0.324 e. The van der Waals surface area contributed by atoms with Crippen molar-refractivity contribution in [3.05, 3.63) is 57.5 Å². The van der Waals surface area contributed by atoms with Crippen molar-refractivity contribution in [2.75, 3.05) is 0 Å². The van der Waals surface area contributed by atoms with Gasteiger partial charge in [0.05, 0.1) is 0 Å². The van der Waals surface area contributed by atoms with Gasteiger partial charge in [0.15, 0.2) is 0 Å². The van der Waals surface area contributed by atoms with Gasteiger partial charge in [-0.15, -0.1) is 0 Å². The SMILES string of the molecule is N#Cc1cc2c([nH]c1=O)CCc1ccccc1-2. The first-order valence-electron chi connectivity index (χ1n) is 5.54. The van der Waals surface area contributed by atoms with E-state index in [0.717, 1.165) is 29.7 Å². The van der Waals surface area contributed by atoms with E-state index in [0.29, 0.717) is 0 Å². The first-order chi connectivity index (χ1) is 8.29. The molecule has 3 nitrogen and oxygen atoms in total. The predicted molar refractivity (Wildman–Crippen MR) is 64.6 cm³/mol. The fraction of sp³-hybridized carbons (Fsp3) is 0.143. The first-order valence-corrected chi connectivity index (χ1v) is 5.54. The molecule has 0 saturated heterocycles. The molecule has 0 unspecified atom stereocenters. The molecule has 1 aromatic heterocycles. The number of H-pyrrole nitrogens is 1. The third-order valence-electron chi connectivity index (χ3n) is 3.20. The summed E-state index contributed by atoms with van der Waals surface area (Å²) >= 11 is 0. The van der Waals surface area contributed by atoms with Gasteiger partial charge in [0.2, 0.25) is 0 Å². The number of aryl methyl sites for hydroxylation is 2. The number of aromatic nitrogens is 1. The fourth-order valence-electron chi connectivity index (χ4n) is 2.35. The lowest BCUT2D eigenvalue weighted by Gasteiger charge is -2.19. The summed E-state index contributed by atoms with van der Waals surface area (Å²) in [5, 5.41) is 8.90. The Bertz CT molecular complexity index is 692. The predicted octanol–water partition coefficient (Wildman–Crippen LogP) is 2.01. The van der Waals surface area contributed by atoms with Crippen molar-refractivity contribution in [2.45, 2.75) is 12.8 Å². The van der Waals surface area contributed by atoms with Crippen molar-refractivity contribution in [1.82, 2.24) is 4.98 Å². The summed E-state index contributed by atoms with van der Waals surface area (Å²) in [5.41, 5.74) is 4.22. The van der Waals surface area contributed by atoms with Crippen molar-refractivity contribution in [3.63, 3.8) is 0 Å². The summed E-state index contributed by atoms with van der Waals surface area (Å²) in [6.45, 7) is 0. The highest BCUT2D eigenvalue weighted by atomic mass is 16.1. The van der Waals surface area contributed by atoms with Crippen LogP contribution < -0.4 is 5.56 Å². The standard InChI is InChI=1S/C14H10N2O/c15-8-10-7-12-11-4-2-1-3-9(11)5-6-13(12)16-14(10)17/h1-4,7H,5-6H2,(H,16,17). The lowest BCUT2D eigenvalue weighted by atomic mass is 9.88. The van der Waals surface area contributed by atoms with E-state index in [2.05, 4.69) is 11.1 Å². The van der Waals surface area contributed by atoms with E-state index >= 15 is 0 Å². The van der Waals surface area contributed by atoms with Crippen LogP contribution in [0.2, 0.25) is 0 Å². The average molecular weight is 222 g/mol. The molecule has 0 fully saturated rings. The summed E-state index contributed by atoms with van der Waals surface area (Å²) in [6, 6.07) is 11.8. The molecule has 1 aliphatic rings. The zero-order chi connectivity index (χ0) is 11.8. The van der Waals surface area contributed by atoms with E-state index in [9.17, 15) is 4.79 Å². The molecule has 0 amide bonds. The minimum Gasteiger partial charge on any atom is -0.324 e. The monoisotopic (exact) mass is 222 g/mol. The number of aromatic amines is 1.